The minimum atomic E-state index is -0.583. The molecular weight excluding hydrogens is 362 g/mol. The number of carbonyl (C=O) groups excluding carboxylic acids is 2. The predicted molar refractivity (Wildman–Crippen MR) is 105 cm³/mol. The predicted octanol–water partition coefficient (Wildman–Crippen LogP) is 3.95. The number of amides is 1. The van der Waals surface area contributed by atoms with Crippen molar-refractivity contribution in [3.63, 3.8) is 0 Å². The molecule has 8 nitrogen and oxygen atoms in total. The summed E-state index contributed by atoms with van der Waals surface area (Å²) in [6.07, 6.45) is 1.15. The van der Waals surface area contributed by atoms with Crippen LogP contribution in [0.15, 0.2) is 42.6 Å². The average molecular weight is 381 g/mol. The van der Waals surface area contributed by atoms with E-state index in [9.17, 15) is 19.7 Å². The monoisotopic (exact) mass is 381 g/mol. The zero-order chi connectivity index (χ0) is 20.4. The first-order valence-corrected chi connectivity index (χ1v) is 8.57. The largest absolute Gasteiger partial charge is 0.460 e. The van der Waals surface area contributed by atoms with E-state index in [1.165, 1.54) is 13.0 Å². The quantitative estimate of drug-likeness (QED) is 0.396. The van der Waals surface area contributed by atoms with Crippen molar-refractivity contribution >= 4 is 34.7 Å². The number of aryl methyl sites for hydroxylation is 1. The lowest BCUT2D eigenvalue weighted by atomic mass is 9.96. The Hall–Kier alpha value is -3.68. The maximum atomic E-state index is 11.6. The molecule has 1 heterocycles. The van der Waals surface area contributed by atoms with Crippen LogP contribution in [0.2, 0.25) is 0 Å². The summed E-state index contributed by atoms with van der Waals surface area (Å²) in [6.45, 7) is 3.49. The number of ether oxygens (including phenoxy) is 1. The number of non-ortho nitro benzene ring substituents is 1. The molecule has 1 atom stereocenters. The van der Waals surface area contributed by atoms with Gasteiger partial charge in [0.25, 0.3) is 12.2 Å². The molecule has 8 heteroatoms. The number of nitro benzene ring substituents is 1. The summed E-state index contributed by atoms with van der Waals surface area (Å²) in [7, 11) is 1.71. The van der Waals surface area contributed by atoms with Crippen LogP contribution in [-0.2, 0) is 21.4 Å². The third-order valence-electron chi connectivity index (χ3n) is 4.52. The van der Waals surface area contributed by atoms with E-state index in [1.54, 1.807) is 49.0 Å². The minimum Gasteiger partial charge on any atom is -0.460 e. The lowest BCUT2D eigenvalue weighted by Gasteiger charge is -2.12. The number of nitrogens with zero attached hydrogens (tertiary/aromatic N) is 2. The second kappa shape index (κ2) is 7.51. The van der Waals surface area contributed by atoms with Crippen LogP contribution in [-0.4, -0.2) is 21.9 Å². The van der Waals surface area contributed by atoms with Gasteiger partial charge >= 0.3 is 0 Å². The van der Waals surface area contributed by atoms with Gasteiger partial charge in [-0.2, -0.15) is 0 Å². The van der Waals surface area contributed by atoms with Crippen molar-refractivity contribution in [3.8, 4) is 11.1 Å². The van der Waals surface area contributed by atoms with Crippen molar-refractivity contribution in [2.45, 2.75) is 20.0 Å². The normalized spacial score (nSPS) is 11.8. The Labute approximate surface area is 160 Å². The van der Waals surface area contributed by atoms with Crippen molar-refractivity contribution < 1.29 is 19.2 Å². The summed E-state index contributed by atoms with van der Waals surface area (Å²) in [5.74, 6) is -0.195. The van der Waals surface area contributed by atoms with E-state index in [2.05, 4.69) is 5.32 Å². The smallest absolute Gasteiger partial charge is 0.293 e. The van der Waals surface area contributed by atoms with E-state index in [-0.39, 0.29) is 11.6 Å². The van der Waals surface area contributed by atoms with E-state index in [1.807, 2.05) is 6.07 Å². The van der Waals surface area contributed by atoms with Gasteiger partial charge in [0.05, 0.1) is 4.92 Å². The van der Waals surface area contributed by atoms with Crippen LogP contribution < -0.4 is 5.32 Å². The number of anilines is 1. The van der Waals surface area contributed by atoms with Crippen LogP contribution in [0.3, 0.4) is 0 Å². The fourth-order valence-electron chi connectivity index (χ4n) is 3.39. The van der Waals surface area contributed by atoms with Crippen molar-refractivity contribution in [2.24, 2.45) is 7.05 Å². The molecule has 28 heavy (non-hydrogen) atoms. The third-order valence-corrected chi connectivity index (χ3v) is 4.52. The van der Waals surface area contributed by atoms with Crippen LogP contribution in [0, 0.1) is 10.1 Å². The number of aromatic nitrogens is 1. The van der Waals surface area contributed by atoms with E-state index >= 15 is 0 Å². The zero-order valence-corrected chi connectivity index (χ0v) is 15.6. The van der Waals surface area contributed by atoms with E-state index in [0.717, 1.165) is 11.1 Å². The number of rotatable bonds is 6. The Morgan fingerprint density at radius 2 is 2.07 bits per heavy atom. The zero-order valence-electron chi connectivity index (χ0n) is 15.6. The standard InChI is InChI=1S/C20H19N3O5/c1-12(28-11-24)17-10-22(3)20-18(23(26)27)8-7-16(19(17)20)14-5-4-6-15(9-14)21-13(2)25/h4-12H,1-3H3,(H,21,25). The third kappa shape index (κ3) is 3.44. The number of fused-ring (bicyclic) bond motifs is 1. The molecule has 1 N–H and O–H groups in total. The van der Waals surface area contributed by atoms with Gasteiger partial charge in [0.15, 0.2) is 0 Å². The van der Waals surface area contributed by atoms with Gasteiger partial charge in [-0.1, -0.05) is 12.1 Å². The first-order valence-electron chi connectivity index (χ1n) is 8.57. The van der Waals surface area contributed by atoms with Gasteiger partial charge in [0.2, 0.25) is 5.91 Å². The van der Waals surface area contributed by atoms with Crippen molar-refractivity contribution in [1.29, 1.82) is 0 Å². The molecule has 144 valence electrons. The van der Waals surface area contributed by atoms with Gasteiger partial charge in [0, 0.05) is 42.9 Å². The molecule has 0 aliphatic carbocycles. The van der Waals surface area contributed by atoms with Crippen LogP contribution in [0.5, 0.6) is 0 Å². The SMILES string of the molecule is CC(=O)Nc1cccc(-c2ccc([N+](=O)[O-])c3c2c(C(C)OC=O)cn3C)c1. The molecule has 0 aliphatic heterocycles. The maximum Gasteiger partial charge on any atom is 0.293 e. The molecule has 3 aromatic rings. The van der Waals surface area contributed by atoms with Crippen molar-refractivity contribution in [2.75, 3.05) is 5.32 Å². The summed E-state index contributed by atoms with van der Waals surface area (Å²) >= 11 is 0. The molecule has 1 amide bonds. The number of nitro groups is 1. The maximum absolute atomic E-state index is 11.6. The van der Waals surface area contributed by atoms with Gasteiger partial charge in [-0.05, 0) is 36.2 Å². The summed E-state index contributed by atoms with van der Waals surface area (Å²) in [4.78, 5) is 33.3. The highest BCUT2D eigenvalue weighted by molar-refractivity contribution is 6.03. The highest BCUT2D eigenvalue weighted by Gasteiger charge is 2.24. The lowest BCUT2D eigenvalue weighted by molar-refractivity contribution is -0.383. The summed E-state index contributed by atoms with van der Waals surface area (Å²) in [6, 6.07) is 10.3. The first kappa shape index (κ1) is 19.1. The molecular formula is C20H19N3O5. The van der Waals surface area contributed by atoms with Crippen molar-refractivity contribution in [3.05, 3.63) is 58.3 Å². The Kier molecular flexibility index (Phi) is 5.12. The number of carbonyl (C=O) groups is 2. The van der Waals surface area contributed by atoms with Crippen molar-refractivity contribution in [1.82, 2.24) is 4.57 Å². The highest BCUT2D eigenvalue weighted by atomic mass is 16.6. The van der Waals surface area contributed by atoms with E-state index in [0.29, 0.717) is 28.6 Å². The number of hydrogen-bond acceptors (Lipinski definition) is 5. The van der Waals surface area contributed by atoms with Gasteiger partial charge < -0.3 is 14.6 Å². The molecule has 0 radical (unpaired) electrons. The fourth-order valence-corrected chi connectivity index (χ4v) is 3.39. The Balaban J connectivity index is 2.31. The van der Waals surface area contributed by atoms with Crippen LogP contribution in [0.25, 0.3) is 22.0 Å². The second-order valence-electron chi connectivity index (χ2n) is 6.44. The van der Waals surface area contributed by atoms with E-state index < -0.39 is 11.0 Å². The number of nitrogens with one attached hydrogen (secondary N) is 1. The average Bonchev–Trinajstić information content (AvgIpc) is 2.98. The van der Waals surface area contributed by atoms with Gasteiger partial charge in [-0.15, -0.1) is 0 Å². The Morgan fingerprint density at radius 3 is 2.71 bits per heavy atom. The molecule has 1 aromatic heterocycles. The number of hydrogen-bond donors (Lipinski definition) is 1. The van der Waals surface area contributed by atoms with Gasteiger partial charge in [-0.3, -0.25) is 19.7 Å². The molecule has 0 bridgehead atoms. The summed E-state index contributed by atoms with van der Waals surface area (Å²) in [5, 5.41) is 14.9. The van der Waals surface area contributed by atoms with Gasteiger partial charge in [-0.25, -0.2) is 0 Å². The molecule has 2 aromatic carbocycles. The van der Waals surface area contributed by atoms with E-state index in [4.69, 9.17) is 4.74 Å². The molecule has 1 unspecified atom stereocenters. The fraction of sp³-hybridized carbons (Fsp3) is 0.200. The Morgan fingerprint density at radius 1 is 1.32 bits per heavy atom. The molecule has 0 spiro atoms. The van der Waals surface area contributed by atoms with Crippen LogP contribution in [0.1, 0.15) is 25.5 Å². The molecule has 0 aliphatic rings. The highest BCUT2D eigenvalue weighted by Crippen LogP contribution is 2.40. The number of benzene rings is 2. The molecule has 0 fully saturated rings. The Bertz CT molecular complexity index is 1090. The minimum absolute atomic E-state index is 0.0381. The lowest BCUT2D eigenvalue weighted by Crippen LogP contribution is -2.05. The molecule has 3 rings (SSSR count). The van der Waals surface area contributed by atoms with Crippen LogP contribution >= 0.6 is 0 Å². The summed E-state index contributed by atoms with van der Waals surface area (Å²) < 4.78 is 6.76. The molecule has 0 saturated heterocycles. The van der Waals surface area contributed by atoms with Gasteiger partial charge in [0.1, 0.15) is 11.6 Å². The second-order valence-corrected chi connectivity index (χ2v) is 6.44. The van der Waals surface area contributed by atoms with Crippen LogP contribution in [0.4, 0.5) is 11.4 Å². The summed E-state index contributed by atoms with van der Waals surface area (Å²) in [5.41, 5.74) is 3.19. The first-order chi connectivity index (χ1) is 13.3. The molecule has 0 saturated carbocycles. The topological polar surface area (TPSA) is 103 Å².